The first kappa shape index (κ1) is 14.9. The van der Waals surface area contributed by atoms with E-state index in [-0.39, 0.29) is 4.92 Å². The van der Waals surface area contributed by atoms with E-state index in [4.69, 9.17) is 5.11 Å². The highest BCUT2D eigenvalue weighted by Crippen LogP contribution is 2.09. The summed E-state index contributed by atoms with van der Waals surface area (Å²) in [4.78, 5) is 9.60. The summed E-state index contributed by atoms with van der Waals surface area (Å²) in [6, 6.07) is 6.89. The van der Waals surface area contributed by atoms with Crippen molar-refractivity contribution in [2.45, 2.75) is 12.8 Å². The number of nitrogens with one attached hydrogen (secondary N) is 1. The maximum Gasteiger partial charge on any atom is 0.233 e. The lowest BCUT2D eigenvalue weighted by Crippen LogP contribution is -2.23. The van der Waals surface area contributed by atoms with Crippen molar-refractivity contribution in [2.75, 3.05) is 13.1 Å². The number of aromatic hydroxyl groups is 1. The first-order valence-corrected chi connectivity index (χ1v) is 6.07. The molecular formula is C14H18N2O3. The predicted octanol–water partition coefficient (Wildman–Crippen LogP) is 2.57. The van der Waals surface area contributed by atoms with Crippen LogP contribution in [0.5, 0.6) is 5.75 Å². The molecule has 0 radical (unpaired) electrons. The Bertz CT molecular complexity index is 444. The maximum absolute atomic E-state index is 9.98. The summed E-state index contributed by atoms with van der Waals surface area (Å²) < 4.78 is 0. The van der Waals surface area contributed by atoms with Crippen molar-refractivity contribution in [3.05, 3.63) is 58.3 Å². The fourth-order valence-corrected chi connectivity index (χ4v) is 1.64. The van der Waals surface area contributed by atoms with Gasteiger partial charge in [0, 0.05) is 5.57 Å². The summed E-state index contributed by atoms with van der Waals surface area (Å²) in [7, 11) is 0. The minimum Gasteiger partial charge on any atom is -0.508 e. The lowest BCUT2D eigenvalue weighted by Gasteiger charge is -2.11. The molecule has 19 heavy (non-hydrogen) atoms. The van der Waals surface area contributed by atoms with Crippen molar-refractivity contribution < 1.29 is 10.0 Å². The minimum atomic E-state index is -0.374. The van der Waals surface area contributed by atoms with Crippen molar-refractivity contribution in [1.82, 2.24) is 5.32 Å². The van der Waals surface area contributed by atoms with Gasteiger partial charge >= 0.3 is 0 Å². The Morgan fingerprint density at radius 2 is 1.84 bits per heavy atom. The smallest absolute Gasteiger partial charge is 0.233 e. The van der Waals surface area contributed by atoms with E-state index < -0.39 is 0 Å². The zero-order chi connectivity index (χ0) is 14.1. The van der Waals surface area contributed by atoms with Crippen LogP contribution < -0.4 is 5.32 Å². The number of nitrogens with zero attached hydrogens (tertiary/aromatic N) is 1. The maximum atomic E-state index is 9.98. The molecule has 0 bridgehead atoms. The van der Waals surface area contributed by atoms with Gasteiger partial charge in [-0.25, -0.2) is 0 Å². The van der Waals surface area contributed by atoms with Gasteiger partial charge in [-0.1, -0.05) is 24.8 Å². The van der Waals surface area contributed by atoms with Gasteiger partial charge in [0.15, 0.2) is 0 Å². The van der Waals surface area contributed by atoms with Gasteiger partial charge in [0.1, 0.15) is 5.75 Å². The molecule has 5 heteroatoms. The number of nitro groups is 1. The molecule has 0 amide bonds. The number of rotatable bonds is 2. The highest BCUT2D eigenvalue weighted by atomic mass is 16.6. The summed E-state index contributed by atoms with van der Waals surface area (Å²) in [5.41, 5.74) is 1.97. The Hall–Kier alpha value is -2.14. The molecule has 2 rings (SSSR count). The molecule has 0 spiro atoms. The molecule has 0 unspecified atom stereocenters. The van der Waals surface area contributed by atoms with Crippen molar-refractivity contribution in [3.8, 4) is 5.75 Å². The third-order valence-electron chi connectivity index (χ3n) is 2.66. The molecule has 0 aromatic heterocycles. The van der Waals surface area contributed by atoms with Crippen molar-refractivity contribution >= 4 is 6.08 Å². The third kappa shape index (κ3) is 6.38. The summed E-state index contributed by atoms with van der Waals surface area (Å²) in [5.74, 6) is 0.292. The summed E-state index contributed by atoms with van der Waals surface area (Å²) in [6.07, 6.45) is 4.50. The molecule has 2 N–H and O–H groups in total. The molecule has 0 saturated carbocycles. The van der Waals surface area contributed by atoms with Crippen LogP contribution in [-0.4, -0.2) is 23.1 Å². The van der Waals surface area contributed by atoms with E-state index in [2.05, 4.69) is 11.9 Å². The molecule has 1 heterocycles. The van der Waals surface area contributed by atoms with Gasteiger partial charge in [-0.15, -0.1) is 0 Å². The molecule has 1 fully saturated rings. The first-order valence-electron chi connectivity index (χ1n) is 6.07. The number of phenolic OH excluding ortho intramolecular Hbond substituents is 1. The Morgan fingerprint density at radius 1 is 1.26 bits per heavy atom. The minimum absolute atomic E-state index is 0.292. The summed E-state index contributed by atoms with van der Waals surface area (Å²) in [5, 5.41) is 21.9. The van der Waals surface area contributed by atoms with Crippen LogP contribution in [0, 0.1) is 10.1 Å². The molecule has 102 valence electrons. The Kier molecular flexibility index (Phi) is 6.32. The van der Waals surface area contributed by atoms with Gasteiger partial charge in [-0.2, -0.15) is 0 Å². The van der Waals surface area contributed by atoms with Gasteiger partial charge in [-0.05, 0) is 43.6 Å². The second kappa shape index (κ2) is 8.05. The second-order valence-electron chi connectivity index (χ2n) is 4.12. The van der Waals surface area contributed by atoms with Crippen molar-refractivity contribution in [2.24, 2.45) is 0 Å². The molecule has 1 aromatic rings. The van der Waals surface area contributed by atoms with Crippen LogP contribution in [0.2, 0.25) is 0 Å². The molecule has 1 saturated heterocycles. The zero-order valence-corrected chi connectivity index (χ0v) is 10.7. The summed E-state index contributed by atoms with van der Waals surface area (Å²) in [6.45, 7) is 5.33. The fraction of sp³-hybridized carbons (Fsp3) is 0.286. The highest BCUT2D eigenvalue weighted by molar-refractivity contribution is 5.47. The van der Waals surface area contributed by atoms with E-state index in [1.807, 2.05) is 12.1 Å². The Labute approximate surface area is 112 Å². The van der Waals surface area contributed by atoms with Crippen LogP contribution in [0.25, 0.3) is 6.08 Å². The van der Waals surface area contributed by atoms with Gasteiger partial charge in [0.05, 0.1) is 4.92 Å². The van der Waals surface area contributed by atoms with E-state index in [0.717, 1.165) is 43.3 Å². The highest BCUT2D eigenvalue weighted by Gasteiger charge is 2.06. The molecule has 5 nitrogen and oxygen atoms in total. The van der Waals surface area contributed by atoms with Gasteiger partial charge in [-0.3, -0.25) is 10.1 Å². The predicted molar refractivity (Wildman–Crippen MR) is 75.4 cm³/mol. The number of phenols is 1. The number of hydrogen-bond acceptors (Lipinski definition) is 4. The van der Waals surface area contributed by atoms with Crippen LogP contribution in [0.1, 0.15) is 18.4 Å². The average molecular weight is 262 g/mol. The third-order valence-corrected chi connectivity index (χ3v) is 2.66. The molecule has 1 aromatic carbocycles. The van der Waals surface area contributed by atoms with Crippen LogP contribution in [0.4, 0.5) is 0 Å². The number of piperidine rings is 1. The van der Waals surface area contributed by atoms with E-state index in [0.29, 0.717) is 5.75 Å². The number of benzene rings is 1. The summed E-state index contributed by atoms with van der Waals surface area (Å²) >= 11 is 0. The fourth-order valence-electron chi connectivity index (χ4n) is 1.64. The van der Waals surface area contributed by atoms with E-state index in [1.165, 1.54) is 0 Å². The van der Waals surface area contributed by atoms with Gasteiger partial charge in [0.25, 0.3) is 0 Å². The van der Waals surface area contributed by atoms with E-state index in [1.54, 1.807) is 18.2 Å². The standard InChI is InChI=1S/C8H8O.C6H10N2O2/c1-2-7-3-5-8(9)6-4-7;9-8(10)5-6-1-3-7-4-2-6/h2-6,9H,1H2;5,7H,1-4H2. The zero-order valence-electron chi connectivity index (χ0n) is 10.7. The lowest BCUT2D eigenvalue weighted by molar-refractivity contribution is -0.403. The van der Waals surface area contributed by atoms with Crippen molar-refractivity contribution in [3.63, 3.8) is 0 Å². The monoisotopic (exact) mass is 262 g/mol. The van der Waals surface area contributed by atoms with Crippen LogP contribution in [0.15, 0.2) is 42.6 Å². The van der Waals surface area contributed by atoms with Crippen LogP contribution >= 0.6 is 0 Å². The molecule has 0 aliphatic carbocycles. The Morgan fingerprint density at radius 3 is 2.32 bits per heavy atom. The number of hydrogen-bond donors (Lipinski definition) is 2. The first-order chi connectivity index (χ1) is 9.11. The molecule has 0 atom stereocenters. The normalized spacial score (nSPS) is 14.0. The topological polar surface area (TPSA) is 75.4 Å². The quantitative estimate of drug-likeness (QED) is 0.634. The average Bonchev–Trinajstić information content (AvgIpc) is 2.41. The Balaban J connectivity index is 0.000000191. The molecular weight excluding hydrogens is 244 g/mol. The van der Waals surface area contributed by atoms with Gasteiger partial charge < -0.3 is 10.4 Å². The van der Waals surface area contributed by atoms with E-state index >= 15 is 0 Å². The van der Waals surface area contributed by atoms with Crippen molar-refractivity contribution in [1.29, 1.82) is 0 Å². The second-order valence-corrected chi connectivity index (χ2v) is 4.12. The van der Waals surface area contributed by atoms with Crippen LogP contribution in [0.3, 0.4) is 0 Å². The van der Waals surface area contributed by atoms with Gasteiger partial charge in [0.2, 0.25) is 6.20 Å². The van der Waals surface area contributed by atoms with Crippen LogP contribution in [-0.2, 0) is 0 Å². The lowest BCUT2D eigenvalue weighted by atomic mass is 10.1. The molecule has 1 aliphatic heterocycles. The molecule has 1 aliphatic rings. The largest absolute Gasteiger partial charge is 0.508 e. The van der Waals surface area contributed by atoms with E-state index in [9.17, 15) is 10.1 Å². The SMILES string of the molecule is C=Cc1ccc(O)cc1.O=[N+]([O-])C=C1CCNCC1.